The number of morpholine rings is 1. The van der Waals surface area contributed by atoms with Gasteiger partial charge < -0.3 is 9.64 Å². The van der Waals surface area contributed by atoms with Gasteiger partial charge >= 0.3 is 0 Å². The molecular formula is C15H21N3O. The highest BCUT2D eigenvalue weighted by Gasteiger charge is 2.28. The van der Waals surface area contributed by atoms with Gasteiger partial charge in [-0.05, 0) is 32.8 Å². The maximum atomic E-state index is 5.77. The van der Waals surface area contributed by atoms with Crippen LogP contribution in [0.4, 0.5) is 5.82 Å². The van der Waals surface area contributed by atoms with Crippen LogP contribution in [0.2, 0.25) is 0 Å². The second kappa shape index (κ2) is 4.85. The number of nitrogens with one attached hydrogen (secondary N) is 1. The number of fused-ring (bicyclic) bond motifs is 1. The van der Waals surface area contributed by atoms with E-state index in [1.54, 1.807) is 0 Å². The summed E-state index contributed by atoms with van der Waals surface area (Å²) in [5, 5.41) is 10.0. The molecule has 1 N–H and O–H groups in total. The van der Waals surface area contributed by atoms with Crippen molar-refractivity contribution in [3.63, 3.8) is 0 Å². The van der Waals surface area contributed by atoms with Crippen LogP contribution in [0.3, 0.4) is 0 Å². The third kappa shape index (κ3) is 2.59. The molecule has 0 atom stereocenters. The van der Waals surface area contributed by atoms with Gasteiger partial charge in [-0.1, -0.05) is 18.2 Å². The van der Waals surface area contributed by atoms with Crippen LogP contribution in [0.25, 0.3) is 12.2 Å². The van der Waals surface area contributed by atoms with Crippen LogP contribution in [0.15, 0.2) is 12.2 Å². The summed E-state index contributed by atoms with van der Waals surface area (Å²) in [7, 11) is 0. The number of ether oxygens (including phenoxy) is 1. The summed E-state index contributed by atoms with van der Waals surface area (Å²) in [6.07, 6.45) is 10.9. The van der Waals surface area contributed by atoms with E-state index in [0.29, 0.717) is 0 Å². The van der Waals surface area contributed by atoms with Crippen molar-refractivity contribution in [3.05, 3.63) is 22.7 Å². The molecule has 1 fully saturated rings. The lowest BCUT2D eigenvalue weighted by molar-refractivity contribution is -0.0279. The second-order valence-corrected chi connectivity index (χ2v) is 5.78. The molecule has 19 heavy (non-hydrogen) atoms. The van der Waals surface area contributed by atoms with E-state index in [1.807, 2.05) is 0 Å². The predicted octanol–water partition coefficient (Wildman–Crippen LogP) is 0.936. The number of hydrogen-bond donors (Lipinski definition) is 1. The van der Waals surface area contributed by atoms with Gasteiger partial charge in [-0.15, -0.1) is 0 Å². The smallest absolute Gasteiger partial charge is 0.158 e. The van der Waals surface area contributed by atoms with Crippen molar-refractivity contribution >= 4 is 18.0 Å². The highest BCUT2D eigenvalue weighted by atomic mass is 16.5. The Bertz CT molecular complexity index is 597. The first-order valence-corrected chi connectivity index (χ1v) is 6.96. The molecule has 4 heteroatoms. The number of aromatic nitrogens is 2. The molecule has 1 aromatic rings. The minimum absolute atomic E-state index is 0.106. The summed E-state index contributed by atoms with van der Waals surface area (Å²) in [6, 6.07) is 0. The molecule has 1 aromatic heterocycles. The van der Waals surface area contributed by atoms with Crippen molar-refractivity contribution < 1.29 is 4.74 Å². The first kappa shape index (κ1) is 12.5. The fourth-order valence-electron chi connectivity index (χ4n) is 2.70. The largest absolute Gasteiger partial charge is 0.372 e. The molecule has 0 bridgehead atoms. The van der Waals surface area contributed by atoms with Crippen LogP contribution in [0.1, 0.15) is 26.7 Å². The van der Waals surface area contributed by atoms with E-state index in [-0.39, 0.29) is 5.60 Å². The fraction of sp³-hybridized carbons (Fsp3) is 0.533. The minimum atomic E-state index is -0.106. The van der Waals surface area contributed by atoms with E-state index in [1.165, 1.54) is 5.22 Å². The van der Waals surface area contributed by atoms with Gasteiger partial charge in [-0.3, -0.25) is 5.10 Å². The Morgan fingerprint density at radius 2 is 2.26 bits per heavy atom. The van der Waals surface area contributed by atoms with Crippen LogP contribution in [0.5, 0.6) is 0 Å². The van der Waals surface area contributed by atoms with Crippen molar-refractivity contribution in [2.45, 2.75) is 32.3 Å². The molecule has 2 aliphatic rings. The summed E-state index contributed by atoms with van der Waals surface area (Å²) in [6.45, 7) is 6.80. The molecule has 0 amide bonds. The zero-order chi connectivity index (χ0) is 13.3. The molecule has 0 aromatic carbocycles. The van der Waals surface area contributed by atoms with E-state index in [4.69, 9.17) is 4.74 Å². The molecule has 0 radical (unpaired) electrons. The second-order valence-electron chi connectivity index (χ2n) is 5.78. The van der Waals surface area contributed by atoms with E-state index in [9.17, 15) is 0 Å². The van der Waals surface area contributed by atoms with Crippen molar-refractivity contribution in [1.29, 1.82) is 0 Å². The molecule has 1 saturated heterocycles. The molecule has 0 spiro atoms. The summed E-state index contributed by atoms with van der Waals surface area (Å²) in [5.74, 6) is 1.05. The summed E-state index contributed by atoms with van der Waals surface area (Å²) in [4.78, 5) is 2.32. The summed E-state index contributed by atoms with van der Waals surface area (Å²) >= 11 is 0. The monoisotopic (exact) mass is 259 g/mol. The maximum Gasteiger partial charge on any atom is 0.158 e. The Balaban J connectivity index is 2.01. The van der Waals surface area contributed by atoms with Crippen molar-refractivity contribution in [2.75, 3.05) is 24.6 Å². The first-order valence-electron chi connectivity index (χ1n) is 6.96. The lowest BCUT2D eigenvalue weighted by Crippen LogP contribution is -2.50. The van der Waals surface area contributed by atoms with Crippen LogP contribution < -0.4 is 15.5 Å². The summed E-state index contributed by atoms with van der Waals surface area (Å²) in [5.41, 5.74) is -0.106. The Kier molecular flexibility index (Phi) is 3.19. The number of hydrogen-bond acceptors (Lipinski definition) is 3. The van der Waals surface area contributed by atoms with Crippen LogP contribution in [0, 0.1) is 0 Å². The van der Waals surface area contributed by atoms with Gasteiger partial charge in [0.15, 0.2) is 5.82 Å². The SMILES string of the molecule is CC1(C)CN(c2n[nH]c3/c2=C\C=C\CC\C=3)CCO1. The van der Waals surface area contributed by atoms with E-state index in [2.05, 4.69) is 53.2 Å². The number of H-pyrrole nitrogens is 1. The fourth-order valence-corrected chi connectivity index (χ4v) is 2.70. The molecule has 0 saturated carbocycles. The van der Waals surface area contributed by atoms with Gasteiger partial charge in [0.05, 0.1) is 17.6 Å². The van der Waals surface area contributed by atoms with Gasteiger partial charge in [-0.2, -0.15) is 5.10 Å². The molecule has 0 unspecified atom stereocenters. The molecule has 102 valence electrons. The standard InChI is InChI=1S/C15H21N3O/c1-15(2)11-18(9-10-19-15)14-12-7-5-3-4-6-8-13(12)16-17-14/h3,5,7-8,16H,4,6,9-11H2,1-2H3/b5-3+,12-7+,13-8+. The zero-order valence-electron chi connectivity index (χ0n) is 11.6. The average molecular weight is 259 g/mol. The molecule has 1 aliphatic carbocycles. The summed E-state index contributed by atoms with van der Waals surface area (Å²) < 4.78 is 5.77. The van der Waals surface area contributed by atoms with Crippen molar-refractivity contribution in [3.8, 4) is 0 Å². The van der Waals surface area contributed by atoms with Gasteiger partial charge in [0.25, 0.3) is 0 Å². The molecular weight excluding hydrogens is 238 g/mol. The highest BCUT2D eigenvalue weighted by Crippen LogP contribution is 2.18. The molecule has 1 aliphatic heterocycles. The lowest BCUT2D eigenvalue weighted by Gasteiger charge is -2.38. The number of rotatable bonds is 1. The Morgan fingerprint density at radius 3 is 3.11 bits per heavy atom. The van der Waals surface area contributed by atoms with Gasteiger partial charge in [-0.25, -0.2) is 0 Å². The lowest BCUT2D eigenvalue weighted by atomic mass is 10.1. The topological polar surface area (TPSA) is 41.2 Å². The Labute approximate surface area is 113 Å². The Hall–Kier alpha value is -1.55. The molecule has 2 heterocycles. The van der Waals surface area contributed by atoms with E-state index < -0.39 is 0 Å². The van der Waals surface area contributed by atoms with Gasteiger partial charge in [0.1, 0.15) is 0 Å². The van der Waals surface area contributed by atoms with Gasteiger partial charge in [0, 0.05) is 18.3 Å². The predicted molar refractivity (Wildman–Crippen MR) is 77.4 cm³/mol. The normalized spacial score (nSPS) is 27.2. The van der Waals surface area contributed by atoms with Crippen LogP contribution >= 0.6 is 0 Å². The number of allylic oxidation sites excluding steroid dienone is 2. The number of nitrogens with zero attached hydrogens (tertiary/aromatic N) is 2. The minimum Gasteiger partial charge on any atom is -0.372 e. The van der Waals surface area contributed by atoms with Crippen molar-refractivity contribution in [1.82, 2.24) is 10.2 Å². The number of anilines is 1. The third-order valence-corrected chi connectivity index (χ3v) is 3.62. The number of aromatic amines is 1. The van der Waals surface area contributed by atoms with Crippen LogP contribution in [-0.4, -0.2) is 35.5 Å². The van der Waals surface area contributed by atoms with Crippen molar-refractivity contribution in [2.24, 2.45) is 0 Å². The van der Waals surface area contributed by atoms with Crippen LogP contribution in [-0.2, 0) is 4.74 Å². The first-order chi connectivity index (χ1) is 9.16. The van der Waals surface area contributed by atoms with Gasteiger partial charge in [0.2, 0.25) is 0 Å². The highest BCUT2D eigenvalue weighted by molar-refractivity contribution is 5.51. The Morgan fingerprint density at radius 1 is 1.37 bits per heavy atom. The molecule has 3 rings (SSSR count). The van der Waals surface area contributed by atoms with E-state index in [0.717, 1.165) is 43.7 Å². The third-order valence-electron chi connectivity index (χ3n) is 3.62. The quantitative estimate of drug-likeness (QED) is 0.816. The maximum absolute atomic E-state index is 5.77. The molecule has 4 nitrogen and oxygen atoms in total. The average Bonchev–Trinajstić information content (AvgIpc) is 2.70. The zero-order valence-corrected chi connectivity index (χ0v) is 11.6. The van der Waals surface area contributed by atoms with E-state index >= 15 is 0 Å².